The van der Waals surface area contributed by atoms with Crippen molar-refractivity contribution in [1.82, 2.24) is 15.2 Å². The fraction of sp³-hybridized carbons (Fsp3) is 0.500. The van der Waals surface area contributed by atoms with Crippen molar-refractivity contribution in [3.05, 3.63) is 12.4 Å². The van der Waals surface area contributed by atoms with Crippen molar-refractivity contribution < 1.29 is 18.3 Å². The molecule has 0 radical (unpaired) electrons. The van der Waals surface area contributed by atoms with Gasteiger partial charge in [0.15, 0.2) is 5.75 Å². The zero-order chi connectivity index (χ0) is 12.2. The molecule has 1 aromatic heterocycles. The third-order valence-corrected chi connectivity index (χ3v) is 1.70. The minimum absolute atomic E-state index is 0.193. The molecular weight excluding hydrogens is 222 g/mol. The van der Waals surface area contributed by atoms with Crippen molar-refractivity contribution in [2.75, 3.05) is 0 Å². The van der Waals surface area contributed by atoms with Crippen LogP contribution in [-0.2, 0) is 11.3 Å². The third kappa shape index (κ3) is 2.89. The molecule has 0 aromatic carbocycles. The summed E-state index contributed by atoms with van der Waals surface area (Å²) in [5.41, 5.74) is 1.32. The fourth-order valence-corrected chi connectivity index (χ4v) is 1.03. The maximum absolute atomic E-state index is 12.9. The molecule has 0 saturated carbocycles. The Morgan fingerprint density at radius 3 is 3.00 bits per heavy atom. The van der Waals surface area contributed by atoms with Crippen LogP contribution in [0, 0.1) is 0 Å². The summed E-state index contributed by atoms with van der Waals surface area (Å²) in [5, 5.41) is 3.77. The van der Waals surface area contributed by atoms with Crippen molar-refractivity contribution >= 4 is 5.91 Å². The molecule has 0 aliphatic rings. The van der Waals surface area contributed by atoms with Gasteiger partial charge in [-0.05, 0) is 6.42 Å². The van der Waals surface area contributed by atoms with E-state index in [4.69, 9.17) is 0 Å². The summed E-state index contributed by atoms with van der Waals surface area (Å²) in [5.74, 6) is 2.68. The number of carbonyl (C=O) groups is 1. The largest absolute Gasteiger partial charge is 0.483 e. The number of amides is 1. The standard InChI is InChI=1S/C8H12F2N4O2/c1-2-3-14-5-6(4-12-14)16-8(9,10)7(15)13-11/h4-5H,2-3,11H2,1H3,(H,13,15). The summed E-state index contributed by atoms with van der Waals surface area (Å²) in [4.78, 5) is 10.6. The molecule has 8 heteroatoms. The predicted molar refractivity (Wildman–Crippen MR) is 50.4 cm³/mol. The number of aromatic nitrogens is 2. The molecule has 1 aromatic rings. The van der Waals surface area contributed by atoms with Gasteiger partial charge in [-0.25, -0.2) is 5.84 Å². The van der Waals surface area contributed by atoms with Gasteiger partial charge >= 0.3 is 12.0 Å². The Hall–Kier alpha value is -1.70. The van der Waals surface area contributed by atoms with Crippen LogP contribution in [0.4, 0.5) is 8.78 Å². The number of nitrogens with zero attached hydrogens (tertiary/aromatic N) is 2. The molecule has 0 bridgehead atoms. The number of halogens is 2. The predicted octanol–water partition coefficient (Wildman–Crippen LogP) is 0.255. The number of carbonyl (C=O) groups excluding carboxylic acids is 1. The van der Waals surface area contributed by atoms with E-state index in [0.717, 1.165) is 12.6 Å². The molecule has 0 atom stereocenters. The Kier molecular flexibility index (Phi) is 3.78. The minimum atomic E-state index is -4.01. The van der Waals surface area contributed by atoms with Gasteiger partial charge in [-0.3, -0.25) is 14.9 Å². The quantitative estimate of drug-likeness (QED) is 0.435. The molecule has 1 amide bonds. The second-order valence-corrected chi connectivity index (χ2v) is 3.03. The molecule has 0 saturated heterocycles. The topological polar surface area (TPSA) is 82.2 Å². The van der Waals surface area contributed by atoms with E-state index in [1.807, 2.05) is 6.92 Å². The lowest BCUT2D eigenvalue weighted by Crippen LogP contribution is -2.47. The summed E-state index contributed by atoms with van der Waals surface area (Å²) in [6, 6.07) is 0. The smallest absolute Gasteiger partial charge is 0.422 e. The van der Waals surface area contributed by atoms with Gasteiger partial charge < -0.3 is 4.74 Å². The average molecular weight is 234 g/mol. The van der Waals surface area contributed by atoms with Crippen LogP contribution in [0.15, 0.2) is 12.4 Å². The van der Waals surface area contributed by atoms with Crippen LogP contribution in [0.3, 0.4) is 0 Å². The summed E-state index contributed by atoms with van der Waals surface area (Å²) in [6.45, 7) is 2.50. The lowest BCUT2D eigenvalue weighted by atomic mass is 10.5. The number of hydrogen-bond acceptors (Lipinski definition) is 4. The van der Waals surface area contributed by atoms with E-state index in [2.05, 4.69) is 15.7 Å². The van der Waals surface area contributed by atoms with Gasteiger partial charge in [-0.1, -0.05) is 6.92 Å². The second-order valence-electron chi connectivity index (χ2n) is 3.03. The van der Waals surface area contributed by atoms with Crippen LogP contribution < -0.4 is 16.0 Å². The number of hydrazine groups is 1. The van der Waals surface area contributed by atoms with Gasteiger partial charge in [0.2, 0.25) is 0 Å². The van der Waals surface area contributed by atoms with Crippen molar-refractivity contribution in [3.8, 4) is 5.75 Å². The van der Waals surface area contributed by atoms with Crippen molar-refractivity contribution in [3.63, 3.8) is 0 Å². The Balaban J connectivity index is 2.68. The SMILES string of the molecule is CCCn1cc(OC(F)(F)C(=O)NN)cn1. The highest BCUT2D eigenvalue weighted by molar-refractivity contribution is 5.81. The first-order chi connectivity index (χ1) is 7.49. The van der Waals surface area contributed by atoms with E-state index in [-0.39, 0.29) is 5.75 Å². The molecule has 0 spiro atoms. The Bertz CT molecular complexity index is 367. The minimum Gasteiger partial charge on any atom is -0.422 e. The molecule has 0 aliphatic carbocycles. The van der Waals surface area contributed by atoms with Gasteiger partial charge in [0.25, 0.3) is 0 Å². The van der Waals surface area contributed by atoms with Crippen LogP contribution >= 0.6 is 0 Å². The monoisotopic (exact) mass is 234 g/mol. The van der Waals surface area contributed by atoms with Gasteiger partial charge in [0.1, 0.15) is 0 Å². The van der Waals surface area contributed by atoms with E-state index < -0.39 is 12.0 Å². The van der Waals surface area contributed by atoms with Gasteiger partial charge in [-0.2, -0.15) is 13.9 Å². The lowest BCUT2D eigenvalue weighted by molar-refractivity contribution is -0.192. The summed E-state index contributed by atoms with van der Waals surface area (Å²) in [6.07, 6.45) is -0.815. The number of hydrogen-bond donors (Lipinski definition) is 2. The highest BCUT2D eigenvalue weighted by Crippen LogP contribution is 2.20. The number of aryl methyl sites for hydroxylation is 1. The lowest BCUT2D eigenvalue weighted by Gasteiger charge is -2.13. The van der Waals surface area contributed by atoms with Crippen LogP contribution in [0.5, 0.6) is 5.75 Å². The van der Waals surface area contributed by atoms with Crippen molar-refractivity contribution in [2.45, 2.75) is 26.0 Å². The molecule has 1 heterocycles. The van der Waals surface area contributed by atoms with Crippen molar-refractivity contribution in [2.24, 2.45) is 5.84 Å². The molecule has 0 unspecified atom stereocenters. The Morgan fingerprint density at radius 1 is 1.75 bits per heavy atom. The molecule has 6 nitrogen and oxygen atoms in total. The molecule has 16 heavy (non-hydrogen) atoms. The van der Waals surface area contributed by atoms with Crippen molar-refractivity contribution in [1.29, 1.82) is 0 Å². The van der Waals surface area contributed by atoms with Crippen LogP contribution in [0.2, 0.25) is 0 Å². The normalized spacial score (nSPS) is 11.2. The zero-order valence-corrected chi connectivity index (χ0v) is 8.61. The van der Waals surface area contributed by atoms with Gasteiger partial charge in [0, 0.05) is 6.54 Å². The summed E-state index contributed by atoms with van der Waals surface area (Å²) >= 11 is 0. The first-order valence-electron chi connectivity index (χ1n) is 4.60. The third-order valence-electron chi connectivity index (χ3n) is 1.70. The first kappa shape index (κ1) is 12.4. The number of rotatable bonds is 5. The van der Waals surface area contributed by atoms with E-state index in [0.29, 0.717) is 6.54 Å². The number of nitrogens with one attached hydrogen (secondary N) is 1. The maximum Gasteiger partial charge on any atom is 0.483 e. The Labute approximate surface area is 90.3 Å². The summed E-state index contributed by atoms with van der Waals surface area (Å²) in [7, 11) is 0. The van der Waals surface area contributed by atoms with Crippen LogP contribution in [-0.4, -0.2) is 21.8 Å². The molecule has 3 N–H and O–H groups in total. The van der Waals surface area contributed by atoms with E-state index in [9.17, 15) is 13.6 Å². The molecule has 0 fully saturated rings. The zero-order valence-electron chi connectivity index (χ0n) is 8.61. The van der Waals surface area contributed by atoms with Crippen LogP contribution in [0.1, 0.15) is 13.3 Å². The van der Waals surface area contributed by atoms with Crippen LogP contribution in [0.25, 0.3) is 0 Å². The Morgan fingerprint density at radius 2 is 2.44 bits per heavy atom. The van der Waals surface area contributed by atoms with E-state index >= 15 is 0 Å². The highest BCUT2D eigenvalue weighted by atomic mass is 19.3. The fourth-order valence-electron chi connectivity index (χ4n) is 1.03. The molecule has 90 valence electrons. The second kappa shape index (κ2) is 4.88. The number of alkyl halides is 2. The molecule has 0 aliphatic heterocycles. The van der Waals surface area contributed by atoms with Gasteiger partial charge in [0.05, 0.1) is 12.4 Å². The number of ether oxygens (including phenoxy) is 1. The van der Waals surface area contributed by atoms with E-state index in [1.54, 1.807) is 0 Å². The molecule has 1 rings (SSSR count). The average Bonchev–Trinajstić information content (AvgIpc) is 2.64. The highest BCUT2D eigenvalue weighted by Gasteiger charge is 2.42. The summed E-state index contributed by atoms with van der Waals surface area (Å²) < 4.78 is 31.5. The maximum atomic E-state index is 12.9. The number of nitrogens with two attached hydrogens (primary N) is 1. The van der Waals surface area contributed by atoms with E-state index in [1.165, 1.54) is 16.3 Å². The molecular formula is C8H12F2N4O2. The first-order valence-corrected chi connectivity index (χ1v) is 4.60. The van der Waals surface area contributed by atoms with Gasteiger partial charge in [-0.15, -0.1) is 0 Å².